The first-order valence-corrected chi connectivity index (χ1v) is 18.8. The van der Waals surface area contributed by atoms with Crippen LogP contribution >= 0.6 is 11.8 Å². The van der Waals surface area contributed by atoms with Crippen molar-refractivity contribution in [2.75, 3.05) is 25.2 Å². The second kappa shape index (κ2) is 15.1. The molecule has 1 fully saturated rings. The predicted octanol–water partition coefficient (Wildman–Crippen LogP) is 4.41. The van der Waals surface area contributed by atoms with Crippen LogP contribution in [-0.4, -0.2) is 71.6 Å². The summed E-state index contributed by atoms with van der Waals surface area (Å²) in [5.74, 6) is 0.125. The van der Waals surface area contributed by atoms with Gasteiger partial charge in [-0.3, -0.25) is 19.2 Å². The molecule has 5 rings (SSSR count). The summed E-state index contributed by atoms with van der Waals surface area (Å²) < 4.78 is 35.6. The van der Waals surface area contributed by atoms with E-state index in [4.69, 9.17) is 14.7 Å². The number of aliphatic imine (C=N–C) groups is 1. The highest BCUT2D eigenvalue weighted by Crippen LogP contribution is 2.40. The molecule has 2 amide bonds. The van der Waals surface area contributed by atoms with Crippen molar-refractivity contribution in [1.82, 2.24) is 10.1 Å². The van der Waals surface area contributed by atoms with E-state index in [1.165, 1.54) is 0 Å². The molecule has 0 aliphatic carbocycles. The number of para-hydroxylation sites is 1. The minimum Gasteiger partial charge on any atom is -0.748 e. The number of ketones is 1. The molecule has 14 heteroatoms. The van der Waals surface area contributed by atoms with Gasteiger partial charge in [0.15, 0.2) is 17.2 Å². The Morgan fingerprint density at radius 2 is 1.90 bits per heavy atom. The zero-order chi connectivity index (χ0) is 34.5. The molecular weight excluding hydrogens is 657 g/mol. The number of rotatable bonds is 16. The summed E-state index contributed by atoms with van der Waals surface area (Å²) in [5.41, 5.74) is 3.28. The standard InChI is InChI=1S/C34H40N4O8S2/c1-34(2)27-21-25(47-3)22-36(18-8-4-5-11-24(39)23-45-38-31(40)16-17-32(38)41)33(27)35-30(34)15-9-13-28-26-12-6-7-14-29(26)46-37(28)19-10-20-48(42,43)44/h6-7,9,12-15,21-22H,4-5,8,10-11,16-20,23H2,1-3H3. The zero-order valence-corrected chi connectivity index (χ0v) is 29.0. The van der Waals surface area contributed by atoms with E-state index in [0.29, 0.717) is 23.7 Å². The number of aryl methyl sites for hydroxylation is 1. The van der Waals surface area contributed by atoms with Gasteiger partial charge in [-0.05, 0) is 81.1 Å². The number of pyridine rings is 1. The molecule has 4 heterocycles. The number of Topliss-reactive ketones (excluding diaryl/α,β-unsaturated/α-hetero) is 1. The van der Waals surface area contributed by atoms with Crippen molar-refractivity contribution in [3.05, 3.63) is 65.9 Å². The molecule has 256 valence electrons. The highest BCUT2D eigenvalue weighted by Gasteiger charge is 2.42. The molecular formula is C34H40N4O8S2. The third-order valence-electron chi connectivity index (χ3n) is 8.48. The minimum atomic E-state index is -4.32. The van der Waals surface area contributed by atoms with Crippen LogP contribution in [0.1, 0.15) is 69.9 Å². The Morgan fingerprint density at radius 3 is 2.62 bits per heavy atom. The van der Waals surface area contributed by atoms with Gasteiger partial charge in [-0.1, -0.05) is 18.2 Å². The lowest BCUT2D eigenvalue weighted by atomic mass is 9.82. The van der Waals surface area contributed by atoms with E-state index in [2.05, 4.69) is 30.7 Å². The molecule has 0 atom stereocenters. The number of unbranched alkanes of at least 4 members (excludes halogenated alkanes) is 2. The molecule has 12 nitrogen and oxygen atoms in total. The third-order valence-corrected chi connectivity index (χ3v) is 9.96. The molecule has 2 aromatic rings. The van der Waals surface area contributed by atoms with Crippen LogP contribution in [0, 0.1) is 0 Å². The fourth-order valence-electron chi connectivity index (χ4n) is 5.82. The van der Waals surface area contributed by atoms with Gasteiger partial charge in [0, 0.05) is 35.5 Å². The van der Waals surface area contributed by atoms with E-state index >= 15 is 0 Å². The van der Waals surface area contributed by atoms with E-state index in [1.807, 2.05) is 48.7 Å². The van der Waals surface area contributed by atoms with Crippen LogP contribution < -0.4 is 9.40 Å². The number of carbonyl (C=O) groups is 3. The molecule has 1 saturated heterocycles. The molecule has 0 unspecified atom stereocenters. The van der Waals surface area contributed by atoms with Crippen LogP contribution in [0.2, 0.25) is 0 Å². The van der Waals surface area contributed by atoms with Crippen LogP contribution in [0.3, 0.4) is 0 Å². The van der Waals surface area contributed by atoms with Crippen molar-refractivity contribution >= 4 is 56.7 Å². The molecule has 3 aliphatic heterocycles. The van der Waals surface area contributed by atoms with Gasteiger partial charge in [-0.15, -0.1) is 11.8 Å². The van der Waals surface area contributed by atoms with E-state index in [1.54, 1.807) is 16.8 Å². The molecule has 0 spiro atoms. The Balaban J connectivity index is 1.23. The molecule has 0 saturated carbocycles. The normalized spacial score (nSPS) is 17.8. The highest BCUT2D eigenvalue weighted by atomic mass is 32.2. The maximum Gasteiger partial charge on any atom is 0.327 e. The molecule has 0 N–H and O–H groups in total. The second-order valence-electron chi connectivity index (χ2n) is 12.4. The Bertz CT molecular complexity index is 1770. The molecule has 48 heavy (non-hydrogen) atoms. The summed E-state index contributed by atoms with van der Waals surface area (Å²) >= 11 is 1.66. The van der Waals surface area contributed by atoms with Gasteiger partial charge in [0.05, 0.1) is 39.9 Å². The Hall–Kier alpha value is -3.85. The lowest BCUT2D eigenvalue weighted by Gasteiger charge is -2.19. The van der Waals surface area contributed by atoms with Gasteiger partial charge in [0.25, 0.3) is 11.8 Å². The number of nitrogens with zero attached hydrogens (tertiary/aromatic N) is 4. The average molecular weight is 697 g/mol. The van der Waals surface area contributed by atoms with Crippen LogP contribution in [-0.2, 0) is 41.3 Å². The van der Waals surface area contributed by atoms with Gasteiger partial charge in [0.2, 0.25) is 0 Å². The predicted molar refractivity (Wildman–Crippen MR) is 179 cm³/mol. The third kappa shape index (κ3) is 8.41. The number of hydrogen-bond donors (Lipinski definition) is 0. The molecule has 3 aliphatic rings. The van der Waals surface area contributed by atoms with Crippen molar-refractivity contribution in [1.29, 1.82) is 0 Å². The largest absolute Gasteiger partial charge is 0.748 e. The number of benzene rings is 1. The number of carbonyl (C=O) groups excluding carboxylic acids is 3. The van der Waals surface area contributed by atoms with E-state index < -0.39 is 27.7 Å². The number of hydroxylamine groups is 4. The first-order chi connectivity index (χ1) is 22.9. The first kappa shape index (κ1) is 35.5. The van der Waals surface area contributed by atoms with Crippen molar-refractivity contribution in [3.8, 4) is 5.75 Å². The van der Waals surface area contributed by atoms with Gasteiger partial charge < -0.3 is 9.39 Å². The fourth-order valence-corrected chi connectivity index (χ4v) is 6.77. The van der Waals surface area contributed by atoms with Crippen LogP contribution in [0.25, 0.3) is 5.70 Å². The number of thioether (sulfide) groups is 1. The number of amides is 2. The fraction of sp³-hybridized carbons (Fsp3) is 0.441. The molecule has 0 bridgehead atoms. The Labute approximate surface area is 285 Å². The number of hydrogen-bond acceptors (Lipinski definition) is 11. The summed E-state index contributed by atoms with van der Waals surface area (Å²) in [6, 6.07) is 9.72. The smallest absolute Gasteiger partial charge is 0.327 e. The summed E-state index contributed by atoms with van der Waals surface area (Å²) in [6.45, 7) is 4.97. The van der Waals surface area contributed by atoms with Crippen LogP contribution in [0.4, 0.5) is 5.82 Å². The number of imide groups is 1. The lowest BCUT2D eigenvalue weighted by Crippen LogP contribution is -2.35. The van der Waals surface area contributed by atoms with E-state index in [0.717, 1.165) is 52.6 Å². The summed E-state index contributed by atoms with van der Waals surface area (Å²) in [5, 5.41) is 2.33. The number of fused-ring (bicyclic) bond motifs is 2. The van der Waals surface area contributed by atoms with Crippen molar-refractivity contribution < 1.29 is 41.6 Å². The molecule has 1 aromatic carbocycles. The summed E-state index contributed by atoms with van der Waals surface area (Å²) in [4.78, 5) is 52.8. The van der Waals surface area contributed by atoms with Crippen molar-refractivity contribution in [3.63, 3.8) is 0 Å². The Morgan fingerprint density at radius 1 is 1.15 bits per heavy atom. The highest BCUT2D eigenvalue weighted by molar-refractivity contribution is 7.98. The topological polar surface area (TPSA) is 150 Å². The monoisotopic (exact) mass is 696 g/mol. The first-order valence-electron chi connectivity index (χ1n) is 16.0. The van der Waals surface area contributed by atoms with Gasteiger partial charge in [0.1, 0.15) is 12.8 Å². The van der Waals surface area contributed by atoms with E-state index in [9.17, 15) is 27.4 Å². The maximum atomic E-state index is 12.3. The SMILES string of the molecule is CSc1cc2c([n+](CCCCCC(=O)CON3C(=O)CCC3=O)c1)N=C(/C=C/C=C1\c3ccccc3ON1CCCS(=O)(=O)[O-])C2(C)C. The second-order valence-corrected chi connectivity index (χ2v) is 14.8. The summed E-state index contributed by atoms with van der Waals surface area (Å²) in [7, 11) is -4.32. The van der Waals surface area contributed by atoms with E-state index in [-0.39, 0.29) is 43.6 Å². The maximum absolute atomic E-state index is 12.3. The lowest BCUT2D eigenvalue weighted by molar-refractivity contribution is -0.686. The molecule has 1 aromatic heterocycles. The van der Waals surface area contributed by atoms with Gasteiger partial charge >= 0.3 is 5.82 Å². The summed E-state index contributed by atoms with van der Waals surface area (Å²) in [6.07, 6.45) is 13.0. The van der Waals surface area contributed by atoms with Crippen molar-refractivity contribution in [2.45, 2.75) is 75.6 Å². The van der Waals surface area contributed by atoms with Crippen molar-refractivity contribution in [2.24, 2.45) is 4.99 Å². The quantitative estimate of drug-likeness (QED) is 0.0812. The minimum absolute atomic E-state index is 0.120. The zero-order valence-electron chi connectivity index (χ0n) is 27.3. The van der Waals surface area contributed by atoms with Crippen LogP contribution in [0.5, 0.6) is 5.75 Å². The average Bonchev–Trinajstić information content (AvgIpc) is 3.64. The van der Waals surface area contributed by atoms with Gasteiger partial charge in [-0.25, -0.2) is 18.0 Å². The molecule has 0 radical (unpaired) electrons. The van der Waals surface area contributed by atoms with Crippen LogP contribution in [0.15, 0.2) is 64.6 Å². The number of allylic oxidation sites excluding steroid dienone is 3. The Kier molecular flexibility index (Phi) is 11.2. The van der Waals surface area contributed by atoms with Gasteiger partial charge in [-0.2, -0.15) is 5.06 Å². The number of aromatic nitrogens is 1.